The molecule has 0 radical (unpaired) electrons. The summed E-state index contributed by atoms with van der Waals surface area (Å²) in [6.45, 7) is 5.90. The van der Waals surface area contributed by atoms with Crippen molar-refractivity contribution in [3.8, 4) is 0 Å². The van der Waals surface area contributed by atoms with Gasteiger partial charge in [-0.1, -0.05) is 13.0 Å². The van der Waals surface area contributed by atoms with Crippen LogP contribution in [0.3, 0.4) is 0 Å². The summed E-state index contributed by atoms with van der Waals surface area (Å²) in [5.41, 5.74) is 3.79. The summed E-state index contributed by atoms with van der Waals surface area (Å²) in [4.78, 5) is 10.3. The van der Waals surface area contributed by atoms with Crippen molar-refractivity contribution in [1.29, 1.82) is 0 Å². The molecule has 0 spiro atoms. The Morgan fingerprint density at radius 1 is 1.40 bits per heavy atom. The van der Waals surface area contributed by atoms with Gasteiger partial charge >= 0.3 is 0 Å². The number of aromatic amines is 1. The van der Waals surface area contributed by atoms with Crippen LogP contribution in [0.5, 0.6) is 0 Å². The predicted octanol–water partition coefficient (Wildman–Crippen LogP) is 3.31. The van der Waals surface area contributed by atoms with E-state index in [2.05, 4.69) is 40.1 Å². The van der Waals surface area contributed by atoms with Gasteiger partial charge in [0.05, 0.1) is 0 Å². The van der Waals surface area contributed by atoms with Crippen molar-refractivity contribution in [3.05, 3.63) is 36.2 Å². The first-order valence-electron chi connectivity index (χ1n) is 7.65. The number of hydrogen-bond donors (Lipinski definition) is 1. The number of aromatic nitrogens is 2. The molecular formula is C17H21N3. The third kappa shape index (κ3) is 2.27. The summed E-state index contributed by atoms with van der Waals surface area (Å²) in [5.74, 6) is 1.60. The van der Waals surface area contributed by atoms with E-state index in [0.717, 1.165) is 18.1 Å². The van der Waals surface area contributed by atoms with Crippen LogP contribution in [0.25, 0.3) is 16.6 Å². The van der Waals surface area contributed by atoms with Gasteiger partial charge in [-0.05, 0) is 42.4 Å². The molecule has 3 nitrogen and oxygen atoms in total. The highest BCUT2D eigenvalue weighted by atomic mass is 15.1. The Labute approximate surface area is 119 Å². The fourth-order valence-electron chi connectivity index (χ4n) is 3.36. The molecule has 1 atom stereocenters. The second-order valence-electron chi connectivity index (χ2n) is 6.41. The Balaban J connectivity index is 1.65. The summed E-state index contributed by atoms with van der Waals surface area (Å²) in [6.07, 6.45) is 9.28. The van der Waals surface area contributed by atoms with Gasteiger partial charge in [-0.15, -0.1) is 0 Å². The smallest absolute Gasteiger partial charge is 0.137 e. The van der Waals surface area contributed by atoms with Crippen molar-refractivity contribution in [2.45, 2.75) is 19.8 Å². The summed E-state index contributed by atoms with van der Waals surface area (Å²) in [7, 11) is 0. The molecule has 1 fully saturated rings. The largest absolute Gasteiger partial charge is 0.346 e. The van der Waals surface area contributed by atoms with E-state index < -0.39 is 0 Å². The Morgan fingerprint density at radius 2 is 2.30 bits per heavy atom. The summed E-state index contributed by atoms with van der Waals surface area (Å²) in [5, 5.41) is 1.25. The maximum atomic E-state index is 4.40. The lowest BCUT2D eigenvalue weighted by molar-refractivity contribution is 0.262. The zero-order valence-corrected chi connectivity index (χ0v) is 12.0. The van der Waals surface area contributed by atoms with Gasteiger partial charge in [0.25, 0.3) is 0 Å². The second-order valence-corrected chi connectivity index (χ2v) is 6.41. The Morgan fingerprint density at radius 3 is 3.15 bits per heavy atom. The Kier molecular flexibility index (Phi) is 2.88. The van der Waals surface area contributed by atoms with Crippen LogP contribution < -0.4 is 0 Å². The number of hydrogen-bond acceptors (Lipinski definition) is 2. The van der Waals surface area contributed by atoms with Gasteiger partial charge in [0.15, 0.2) is 0 Å². The molecule has 2 aromatic heterocycles. The van der Waals surface area contributed by atoms with E-state index in [1.165, 1.54) is 42.5 Å². The van der Waals surface area contributed by atoms with Crippen LogP contribution >= 0.6 is 0 Å². The van der Waals surface area contributed by atoms with Crippen LogP contribution in [0.15, 0.2) is 30.6 Å². The van der Waals surface area contributed by atoms with Crippen molar-refractivity contribution < 1.29 is 0 Å². The zero-order valence-electron chi connectivity index (χ0n) is 12.0. The highest BCUT2D eigenvalue weighted by Crippen LogP contribution is 2.33. The van der Waals surface area contributed by atoms with Gasteiger partial charge < -0.3 is 4.98 Å². The van der Waals surface area contributed by atoms with Gasteiger partial charge in [0.2, 0.25) is 0 Å². The van der Waals surface area contributed by atoms with Crippen molar-refractivity contribution in [2.24, 2.45) is 11.8 Å². The molecule has 20 heavy (non-hydrogen) atoms. The standard InChI is InChI=1S/C17H21N3/c1-12-7-14(11-20(9-12)10-13-4-5-13)16-8-19-17-15(16)3-2-6-18-17/h2-3,6-8,12-13H,4-5,9-11H2,1H3,(H,18,19)/t12-/m1/s1. The number of nitrogens with one attached hydrogen (secondary N) is 1. The average molecular weight is 267 g/mol. The molecule has 0 bridgehead atoms. The Hall–Kier alpha value is -1.61. The number of rotatable bonds is 3. The van der Waals surface area contributed by atoms with E-state index in [9.17, 15) is 0 Å². The summed E-state index contributed by atoms with van der Waals surface area (Å²) in [6, 6.07) is 4.19. The molecule has 4 rings (SSSR count). The molecule has 2 aliphatic rings. The fraction of sp³-hybridized carbons (Fsp3) is 0.471. The van der Waals surface area contributed by atoms with Gasteiger partial charge in [0, 0.05) is 43.0 Å². The van der Waals surface area contributed by atoms with Gasteiger partial charge in [0.1, 0.15) is 5.65 Å². The molecule has 1 saturated carbocycles. The van der Waals surface area contributed by atoms with E-state index in [0.29, 0.717) is 5.92 Å². The normalized spacial score (nSPS) is 24.1. The second kappa shape index (κ2) is 4.74. The van der Waals surface area contributed by atoms with Crippen LogP contribution in [0.2, 0.25) is 0 Å². The minimum atomic E-state index is 0.638. The number of H-pyrrole nitrogens is 1. The SMILES string of the molecule is C[C@@H]1C=C(c2c[nH]c3ncccc23)CN(CC2CC2)C1. The molecule has 0 amide bonds. The molecule has 1 aliphatic carbocycles. The molecule has 2 aromatic rings. The monoisotopic (exact) mass is 267 g/mol. The third-order valence-electron chi connectivity index (χ3n) is 4.44. The molecule has 0 unspecified atom stereocenters. The number of nitrogens with zero attached hydrogens (tertiary/aromatic N) is 2. The minimum absolute atomic E-state index is 0.638. The summed E-state index contributed by atoms with van der Waals surface area (Å²) < 4.78 is 0. The van der Waals surface area contributed by atoms with Crippen LogP contribution in [-0.4, -0.2) is 34.5 Å². The molecule has 0 saturated heterocycles. The predicted molar refractivity (Wildman–Crippen MR) is 82.4 cm³/mol. The highest BCUT2D eigenvalue weighted by Gasteiger charge is 2.27. The molecule has 0 aromatic carbocycles. The first-order valence-corrected chi connectivity index (χ1v) is 7.65. The van der Waals surface area contributed by atoms with Crippen molar-refractivity contribution in [2.75, 3.05) is 19.6 Å². The first kappa shape index (κ1) is 12.2. The van der Waals surface area contributed by atoms with E-state index >= 15 is 0 Å². The fourth-order valence-corrected chi connectivity index (χ4v) is 3.36. The quantitative estimate of drug-likeness (QED) is 0.925. The minimum Gasteiger partial charge on any atom is -0.346 e. The maximum Gasteiger partial charge on any atom is 0.137 e. The number of pyridine rings is 1. The maximum absolute atomic E-state index is 4.40. The Bertz CT molecular complexity index is 651. The lowest BCUT2D eigenvalue weighted by Gasteiger charge is -2.30. The first-order chi connectivity index (χ1) is 9.79. The van der Waals surface area contributed by atoms with Crippen LogP contribution in [0.1, 0.15) is 25.3 Å². The summed E-state index contributed by atoms with van der Waals surface area (Å²) >= 11 is 0. The molecule has 3 heterocycles. The molecule has 104 valence electrons. The van der Waals surface area contributed by atoms with Gasteiger partial charge in [-0.3, -0.25) is 4.90 Å². The van der Waals surface area contributed by atoms with Gasteiger partial charge in [-0.25, -0.2) is 4.98 Å². The van der Waals surface area contributed by atoms with Crippen LogP contribution in [0, 0.1) is 11.8 Å². The lowest BCUT2D eigenvalue weighted by Crippen LogP contribution is -2.35. The molecule has 1 N–H and O–H groups in total. The lowest BCUT2D eigenvalue weighted by atomic mass is 9.96. The van der Waals surface area contributed by atoms with Crippen molar-refractivity contribution in [3.63, 3.8) is 0 Å². The third-order valence-corrected chi connectivity index (χ3v) is 4.44. The van der Waals surface area contributed by atoms with E-state index in [-0.39, 0.29) is 0 Å². The van der Waals surface area contributed by atoms with Crippen molar-refractivity contribution in [1.82, 2.24) is 14.9 Å². The van der Waals surface area contributed by atoms with E-state index in [1.54, 1.807) is 0 Å². The average Bonchev–Trinajstić information content (AvgIpc) is 3.14. The number of fused-ring (bicyclic) bond motifs is 1. The zero-order chi connectivity index (χ0) is 13.5. The van der Waals surface area contributed by atoms with E-state index in [1.807, 2.05) is 12.3 Å². The highest BCUT2D eigenvalue weighted by molar-refractivity contribution is 5.91. The van der Waals surface area contributed by atoms with E-state index in [4.69, 9.17) is 0 Å². The molecular weight excluding hydrogens is 246 g/mol. The molecule has 3 heteroatoms. The molecule has 1 aliphatic heterocycles. The van der Waals surface area contributed by atoms with Crippen LogP contribution in [0.4, 0.5) is 0 Å². The van der Waals surface area contributed by atoms with Crippen molar-refractivity contribution >= 4 is 16.6 Å². The topological polar surface area (TPSA) is 31.9 Å². The van der Waals surface area contributed by atoms with Crippen LogP contribution in [-0.2, 0) is 0 Å². The van der Waals surface area contributed by atoms with Gasteiger partial charge in [-0.2, -0.15) is 0 Å².